The van der Waals surface area contributed by atoms with Crippen molar-refractivity contribution in [1.82, 2.24) is 5.32 Å². The summed E-state index contributed by atoms with van der Waals surface area (Å²) in [6, 6.07) is 0. The van der Waals surface area contributed by atoms with Gasteiger partial charge in [-0.2, -0.15) is 0 Å². The van der Waals surface area contributed by atoms with Crippen molar-refractivity contribution >= 4 is 18.3 Å². The van der Waals surface area contributed by atoms with E-state index >= 15 is 0 Å². The molecule has 0 aromatic carbocycles. The van der Waals surface area contributed by atoms with Gasteiger partial charge in [0.25, 0.3) is 0 Å². The van der Waals surface area contributed by atoms with Crippen molar-refractivity contribution < 1.29 is 8.98 Å². The lowest BCUT2D eigenvalue weighted by atomic mass is 11.1. The van der Waals surface area contributed by atoms with E-state index in [1.54, 1.807) is 0 Å². The highest BCUT2D eigenvalue weighted by atomic mass is 32.2. The summed E-state index contributed by atoms with van der Waals surface area (Å²) in [7, 11) is 1.46. The largest absolute Gasteiger partial charge is 0.420 e. The third-order valence-corrected chi connectivity index (χ3v) is 0.576. The molecule has 0 fully saturated rings. The van der Waals surface area contributed by atoms with Gasteiger partial charge in [0.2, 0.25) is 0 Å². The van der Waals surface area contributed by atoms with Gasteiger partial charge in [0.1, 0.15) is 12.2 Å². The van der Waals surface area contributed by atoms with Crippen molar-refractivity contribution in [2.24, 2.45) is 5.14 Å². The van der Waals surface area contributed by atoms with Crippen LogP contribution in [0, 0.1) is 0 Å². The van der Waals surface area contributed by atoms with Crippen LogP contribution in [0.25, 0.3) is 0 Å². The van der Waals surface area contributed by atoms with E-state index in [2.05, 4.69) is 9.50 Å². The van der Waals surface area contributed by atoms with E-state index in [0.717, 1.165) is 0 Å². The Kier molecular flexibility index (Phi) is 3.53. The van der Waals surface area contributed by atoms with Crippen LogP contribution in [0.5, 0.6) is 0 Å². The molecule has 0 bridgehead atoms. The van der Waals surface area contributed by atoms with Crippen LogP contribution in [0.2, 0.25) is 0 Å². The number of hydrogen-bond acceptors (Lipinski definition) is 4. The van der Waals surface area contributed by atoms with E-state index in [4.69, 9.17) is 5.14 Å². The van der Waals surface area contributed by atoms with Crippen LogP contribution in [-0.2, 0) is 4.18 Å². The summed E-state index contributed by atoms with van der Waals surface area (Å²) in [5, 5.41) is 6.94. The maximum absolute atomic E-state index is 9.98. The van der Waals surface area contributed by atoms with Crippen LogP contribution in [0.3, 0.4) is 0 Å². The Balaban J connectivity index is 3.00. The van der Waals surface area contributed by atoms with Crippen LogP contribution >= 0.6 is 12.2 Å². The highest BCUT2D eigenvalue weighted by molar-refractivity contribution is 7.92. The van der Waals surface area contributed by atoms with E-state index in [1.165, 1.54) is 7.05 Å². The molecular formula is C2H6N2O2S. The van der Waals surface area contributed by atoms with Gasteiger partial charge in [0, 0.05) is 7.05 Å². The van der Waals surface area contributed by atoms with Crippen LogP contribution in [0.1, 0.15) is 0 Å². The minimum absolute atomic E-state index is 0.522. The van der Waals surface area contributed by atoms with Gasteiger partial charge < -0.3 is 9.50 Å². The van der Waals surface area contributed by atoms with Gasteiger partial charge in [-0.05, 0) is 0 Å². The van der Waals surface area contributed by atoms with E-state index in [1.807, 2.05) is 0 Å². The average Bonchev–Trinajstić information content (AvgIpc) is 1.68. The zero-order valence-corrected chi connectivity index (χ0v) is 4.62. The first-order valence-electron chi connectivity index (χ1n) is 1.56. The van der Waals surface area contributed by atoms with Crippen LogP contribution in [0.4, 0.5) is 4.79 Å². The van der Waals surface area contributed by atoms with Gasteiger partial charge in [0.05, 0.1) is 0 Å². The molecule has 0 radical (unpaired) electrons. The minimum atomic E-state index is -0.535. The Morgan fingerprint density at radius 2 is 2.57 bits per heavy atom. The third-order valence-electron chi connectivity index (χ3n) is 0.328. The molecule has 0 aliphatic rings. The molecular weight excluding hydrogens is 116 g/mol. The predicted molar refractivity (Wildman–Crippen MR) is 27.3 cm³/mol. The maximum atomic E-state index is 9.98. The number of nitrogens with one attached hydrogen (secondary N) is 1. The molecule has 4 nitrogen and oxygen atoms in total. The topological polar surface area (TPSA) is 64.3 Å². The maximum Gasteiger partial charge on any atom is 0.420 e. The highest BCUT2D eigenvalue weighted by Crippen LogP contribution is 1.86. The smallest absolute Gasteiger partial charge is 0.359 e. The Labute approximate surface area is 45.7 Å². The Hall–Kier alpha value is -0.420. The molecule has 0 heterocycles. The molecule has 0 aromatic heterocycles. The van der Waals surface area contributed by atoms with Crippen molar-refractivity contribution in [2.75, 3.05) is 7.05 Å². The third kappa shape index (κ3) is 3.41. The van der Waals surface area contributed by atoms with E-state index in [0.29, 0.717) is 12.2 Å². The molecule has 7 heavy (non-hydrogen) atoms. The number of carbonyl (C=O) groups is 1. The van der Waals surface area contributed by atoms with Gasteiger partial charge in [-0.1, -0.05) is 0 Å². The molecule has 5 heteroatoms. The second kappa shape index (κ2) is 3.76. The second-order valence-electron chi connectivity index (χ2n) is 0.717. The highest BCUT2D eigenvalue weighted by Gasteiger charge is 1.91. The predicted octanol–water partition coefficient (Wildman–Crippen LogP) is -0.136. The molecule has 3 N–H and O–H groups in total. The van der Waals surface area contributed by atoms with Gasteiger partial charge >= 0.3 is 6.09 Å². The zero-order chi connectivity index (χ0) is 5.70. The number of carbonyl (C=O) groups excluding carboxylic acids is 1. The van der Waals surface area contributed by atoms with Gasteiger partial charge in [-0.3, -0.25) is 0 Å². The Bertz CT molecular complexity index is 66.7. The van der Waals surface area contributed by atoms with Crippen LogP contribution in [-0.4, -0.2) is 13.1 Å². The molecule has 0 unspecified atom stereocenters. The molecule has 0 spiro atoms. The molecule has 0 aromatic rings. The summed E-state index contributed by atoms with van der Waals surface area (Å²) < 4.78 is 4.14. The fraction of sp³-hybridized carbons (Fsp3) is 0.500. The molecule has 1 amide bonds. The fourth-order valence-electron chi connectivity index (χ4n) is 0.0854. The number of nitrogens with two attached hydrogens (primary N) is 1. The monoisotopic (exact) mass is 122 g/mol. The molecule has 0 rings (SSSR count). The van der Waals surface area contributed by atoms with E-state index in [-0.39, 0.29) is 0 Å². The standard InChI is InChI=1S/C2H6N2O2S/c1-4-2(5)6-7-3/h3H2,1H3,(H,4,5). The first kappa shape index (κ1) is 6.58. The second-order valence-corrected chi connectivity index (χ2v) is 1.08. The molecule has 0 aliphatic heterocycles. The Morgan fingerprint density at radius 3 is 2.71 bits per heavy atom. The lowest BCUT2D eigenvalue weighted by molar-refractivity contribution is 0.211. The van der Waals surface area contributed by atoms with Gasteiger partial charge in [0.15, 0.2) is 0 Å². The molecule has 0 aliphatic carbocycles. The van der Waals surface area contributed by atoms with Crippen molar-refractivity contribution in [3.63, 3.8) is 0 Å². The summed E-state index contributed by atoms with van der Waals surface area (Å²) in [5.41, 5.74) is 0. The minimum Gasteiger partial charge on any atom is -0.359 e. The van der Waals surface area contributed by atoms with Gasteiger partial charge in [-0.15, -0.1) is 0 Å². The molecule has 0 saturated heterocycles. The summed E-state index contributed by atoms with van der Waals surface area (Å²) in [5.74, 6) is 0. The van der Waals surface area contributed by atoms with Crippen molar-refractivity contribution in [3.05, 3.63) is 0 Å². The zero-order valence-electron chi connectivity index (χ0n) is 3.80. The first-order chi connectivity index (χ1) is 3.31. The van der Waals surface area contributed by atoms with Crippen molar-refractivity contribution in [3.8, 4) is 0 Å². The van der Waals surface area contributed by atoms with Crippen molar-refractivity contribution in [1.29, 1.82) is 0 Å². The summed E-state index contributed by atoms with van der Waals surface area (Å²) in [6.07, 6.45) is -0.535. The quantitative estimate of drug-likeness (QED) is 0.375. The number of amides is 1. The average molecular weight is 122 g/mol. The van der Waals surface area contributed by atoms with Crippen molar-refractivity contribution in [2.45, 2.75) is 0 Å². The normalized spacial score (nSPS) is 7.71. The fourth-order valence-corrected chi connectivity index (χ4v) is 0.256. The molecule has 42 valence electrons. The molecule has 0 saturated carbocycles. The SMILES string of the molecule is CNC(=O)OSN. The van der Waals surface area contributed by atoms with Gasteiger partial charge in [-0.25, -0.2) is 9.93 Å². The lowest BCUT2D eigenvalue weighted by Gasteiger charge is -1.92. The molecule has 0 atom stereocenters. The van der Waals surface area contributed by atoms with Crippen LogP contribution in [0.15, 0.2) is 0 Å². The lowest BCUT2D eigenvalue weighted by Crippen LogP contribution is -2.16. The van der Waals surface area contributed by atoms with Crippen LogP contribution < -0.4 is 10.5 Å². The van der Waals surface area contributed by atoms with E-state index < -0.39 is 6.09 Å². The number of hydrogen-bond donors (Lipinski definition) is 2. The summed E-state index contributed by atoms with van der Waals surface area (Å²) >= 11 is 0.522. The van der Waals surface area contributed by atoms with E-state index in [9.17, 15) is 4.79 Å². The summed E-state index contributed by atoms with van der Waals surface area (Å²) in [4.78, 5) is 9.98. The number of rotatable bonds is 1. The summed E-state index contributed by atoms with van der Waals surface area (Å²) in [6.45, 7) is 0. The Morgan fingerprint density at radius 1 is 2.00 bits per heavy atom. The first-order valence-corrected chi connectivity index (χ1v) is 2.37.